The molecule has 0 atom stereocenters. The molecule has 0 aliphatic carbocycles. The van der Waals surface area contributed by atoms with Crippen LogP contribution in [0.1, 0.15) is 36.0 Å². The summed E-state index contributed by atoms with van der Waals surface area (Å²) in [7, 11) is -3.56. The van der Waals surface area contributed by atoms with Gasteiger partial charge in [0.2, 0.25) is 10.0 Å². The Bertz CT molecular complexity index is 1070. The quantitative estimate of drug-likeness (QED) is 0.678. The molecule has 10 heteroatoms. The summed E-state index contributed by atoms with van der Waals surface area (Å²) in [6.45, 7) is 1.06. The number of benzene rings is 1. The van der Waals surface area contributed by atoms with Gasteiger partial charge < -0.3 is 8.83 Å². The number of carbonyl (C=O) groups is 1. The molecule has 9 nitrogen and oxygen atoms in total. The van der Waals surface area contributed by atoms with Crippen LogP contribution < -0.4 is 5.32 Å². The summed E-state index contributed by atoms with van der Waals surface area (Å²) >= 11 is 0. The van der Waals surface area contributed by atoms with Crippen LogP contribution >= 0.6 is 0 Å². The molecule has 0 unspecified atom stereocenters. The number of anilines is 1. The minimum absolute atomic E-state index is 0.0809. The summed E-state index contributed by atoms with van der Waals surface area (Å²) in [5.41, 5.74) is 0.276. The van der Waals surface area contributed by atoms with Crippen molar-refractivity contribution in [1.29, 1.82) is 0 Å². The third kappa shape index (κ3) is 4.22. The van der Waals surface area contributed by atoms with Gasteiger partial charge in [-0.05, 0) is 49.2 Å². The van der Waals surface area contributed by atoms with E-state index in [1.165, 1.54) is 34.8 Å². The fourth-order valence-electron chi connectivity index (χ4n) is 3.15. The zero-order chi connectivity index (χ0) is 20.3. The monoisotopic (exact) mass is 416 g/mol. The van der Waals surface area contributed by atoms with Crippen LogP contribution in [-0.4, -0.2) is 41.9 Å². The fourth-order valence-corrected chi connectivity index (χ4v) is 4.67. The summed E-state index contributed by atoms with van der Waals surface area (Å²) in [6.07, 6.45) is 5.29. The fraction of sp³-hybridized carbons (Fsp3) is 0.316. The lowest BCUT2D eigenvalue weighted by molar-refractivity contribution is 0.102. The highest BCUT2D eigenvalue weighted by molar-refractivity contribution is 7.89. The van der Waals surface area contributed by atoms with Crippen LogP contribution in [0.3, 0.4) is 0 Å². The van der Waals surface area contributed by atoms with Crippen molar-refractivity contribution >= 4 is 21.9 Å². The standard InChI is InChI=1S/C19H20N4O5S/c24-17(20-19-22-21-18(28-19)16-6-5-13-27-16)14-7-9-15(10-8-14)29(25,26)23-11-3-1-2-4-12-23/h5-10,13H,1-4,11-12H2,(H,20,22,24). The van der Waals surface area contributed by atoms with E-state index >= 15 is 0 Å². The Morgan fingerprint density at radius 3 is 2.38 bits per heavy atom. The number of furan rings is 1. The van der Waals surface area contributed by atoms with Gasteiger partial charge >= 0.3 is 6.01 Å². The van der Waals surface area contributed by atoms with Crippen LogP contribution in [0, 0.1) is 0 Å². The van der Waals surface area contributed by atoms with E-state index in [-0.39, 0.29) is 22.4 Å². The first-order chi connectivity index (χ1) is 14.0. The van der Waals surface area contributed by atoms with E-state index in [2.05, 4.69) is 15.5 Å². The van der Waals surface area contributed by atoms with E-state index in [0.717, 1.165) is 25.7 Å². The van der Waals surface area contributed by atoms with Crippen LogP contribution in [0.15, 0.2) is 56.4 Å². The minimum atomic E-state index is -3.56. The molecule has 0 radical (unpaired) electrons. The zero-order valence-electron chi connectivity index (χ0n) is 15.6. The van der Waals surface area contributed by atoms with Gasteiger partial charge in [0.15, 0.2) is 5.76 Å². The molecule has 0 saturated carbocycles. The summed E-state index contributed by atoms with van der Waals surface area (Å²) in [5.74, 6) is 0.0450. The maximum Gasteiger partial charge on any atom is 0.322 e. The summed E-state index contributed by atoms with van der Waals surface area (Å²) in [4.78, 5) is 12.6. The maximum absolute atomic E-state index is 12.8. The Balaban J connectivity index is 1.45. The first-order valence-electron chi connectivity index (χ1n) is 9.33. The first kappa shape index (κ1) is 19.3. The summed E-state index contributed by atoms with van der Waals surface area (Å²) in [6, 6.07) is 9.06. The van der Waals surface area contributed by atoms with Gasteiger partial charge in [-0.1, -0.05) is 17.9 Å². The van der Waals surface area contributed by atoms with Gasteiger partial charge in [0.05, 0.1) is 11.2 Å². The van der Waals surface area contributed by atoms with Crippen LogP contribution in [-0.2, 0) is 10.0 Å². The van der Waals surface area contributed by atoms with E-state index in [0.29, 0.717) is 18.8 Å². The number of nitrogens with one attached hydrogen (secondary N) is 1. The van der Waals surface area contributed by atoms with Crippen molar-refractivity contribution < 1.29 is 22.0 Å². The van der Waals surface area contributed by atoms with Crippen LogP contribution in [0.4, 0.5) is 6.01 Å². The van der Waals surface area contributed by atoms with E-state index in [4.69, 9.17) is 8.83 Å². The van der Waals surface area contributed by atoms with Crippen molar-refractivity contribution in [3.8, 4) is 11.7 Å². The van der Waals surface area contributed by atoms with Crippen molar-refractivity contribution in [3.63, 3.8) is 0 Å². The smallest absolute Gasteiger partial charge is 0.322 e. The number of hydrogen-bond acceptors (Lipinski definition) is 7. The lowest BCUT2D eigenvalue weighted by Crippen LogP contribution is -2.31. The zero-order valence-corrected chi connectivity index (χ0v) is 16.4. The molecule has 0 spiro atoms. The molecule has 4 rings (SSSR count). The highest BCUT2D eigenvalue weighted by Gasteiger charge is 2.25. The number of sulfonamides is 1. The van der Waals surface area contributed by atoms with Gasteiger partial charge in [0.25, 0.3) is 11.8 Å². The van der Waals surface area contributed by atoms with Gasteiger partial charge in [-0.15, -0.1) is 5.10 Å². The molecule has 3 aromatic rings. The van der Waals surface area contributed by atoms with Crippen molar-refractivity contribution in [1.82, 2.24) is 14.5 Å². The molecule has 0 bridgehead atoms. The Hall–Kier alpha value is -2.98. The van der Waals surface area contributed by atoms with Gasteiger partial charge in [-0.25, -0.2) is 8.42 Å². The lowest BCUT2D eigenvalue weighted by Gasteiger charge is -2.19. The number of nitrogens with zero attached hydrogens (tertiary/aromatic N) is 3. The third-order valence-electron chi connectivity index (χ3n) is 4.70. The predicted octanol–water partition coefficient (Wildman–Crippen LogP) is 3.15. The van der Waals surface area contributed by atoms with E-state index < -0.39 is 15.9 Å². The molecule has 1 N–H and O–H groups in total. The molecule has 2 aromatic heterocycles. The first-order valence-corrected chi connectivity index (χ1v) is 10.8. The highest BCUT2D eigenvalue weighted by atomic mass is 32.2. The predicted molar refractivity (Wildman–Crippen MR) is 104 cm³/mol. The number of hydrogen-bond donors (Lipinski definition) is 1. The van der Waals surface area contributed by atoms with Gasteiger partial charge in [-0.3, -0.25) is 10.1 Å². The lowest BCUT2D eigenvalue weighted by atomic mass is 10.2. The molecular formula is C19H20N4O5S. The van der Waals surface area contributed by atoms with Crippen molar-refractivity contribution in [2.45, 2.75) is 30.6 Å². The van der Waals surface area contributed by atoms with E-state index in [1.54, 1.807) is 12.1 Å². The topological polar surface area (TPSA) is 119 Å². The molecule has 1 saturated heterocycles. The van der Waals surface area contributed by atoms with Crippen LogP contribution in [0.5, 0.6) is 0 Å². The Kier molecular flexibility index (Phi) is 5.45. The molecule has 3 heterocycles. The molecule has 29 heavy (non-hydrogen) atoms. The summed E-state index contributed by atoms with van der Waals surface area (Å²) < 4.78 is 37.6. The van der Waals surface area contributed by atoms with Gasteiger partial charge in [0.1, 0.15) is 0 Å². The van der Waals surface area contributed by atoms with Crippen LogP contribution in [0.25, 0.3) is 11.7 Å². The van der Waals surface area contributed by atoms with E-state index in [1.807, 2.05) is 0 Å². The van der Waals surface area contributed by atoms with E-state index in [9.17, 15) is 13.2 Å². The molecule has 1 aromatic carbocycles. The van der Waals surface area contributed by atoms with Gasteiger partial charge in [0, 0.05) is 18.7 Å². The largest absolute Gasteiger partial charge is 0.459 e. The Morgan fingerprint density at radius 2 is 1.72 bits per heavy atom. The Labute approximate surface area is 167 Å². The third-order valence-corrected chi connectivity index (χ3v) is 6.61. The molecule has 1 fully saturated rings. The van der Waals surface area contributed by atoms with Gasteiger partial charge in [-0.2, -0.15) is 4.31 Å². The molecular weight excluding hydrogens is 396 g/mol. The average molecular weight is 416 g/mol. The summed E-state index contributed by atoms with van der Waals surface area (Å²) in [5, 5.41) is 10.0. The number of amides is 1. The second-order valence-corrected chi connectivity index (χ2v) is 8.62. The number of rotatable bonds is 5. The molecule has 1 aliphatic rings. The highest BCUT2D eigenvalue weighted by Crippen LogP contribution is 2.22. The number of carbonyl (C=O) groups excluding carboxylic acids is 1. The second kappa shape index (κ2) is 8.18. The second-order valence-electron chi connectivity index (χ2n) is 6.69. The normalized spacial score (nSPS) is 15.7. The molecule has 1 aliphatic heterocycles. The molecule has 1 amide bonds. The Morgan fingerprint density at radius 1 is 1.00 bits per heavy atom. The molecule has 152 valence electrons. The SMILES string of the molecule is O=C(Nc1nnc(-c2ccco2)o1)c1ccc(S(=O)(=O)N2CCCCCC2)cc1. The van der Waals surface area contributed by atoms with Crippen LogP contribution in [0.2, 0.25) is 0 Å². The minimum Gasteiger partial charge on any atom is -0.459 e. The maximum atomic E-state index is 12.8. The van der Waals surface area contributed by atoms with Crippen molar-refractivity contribution in [3.05, 3.63) is 48.2 Å². The average Bonchev–Trinajstić information content (AvgIpc) is 3.34. The number of aromatic nitrogens is 2. The van der Waals surface area contributed by atoms with Crippen molar-refractivity contribution in [2.75, 3.05) is 18.4 Å². The van der Waals surface area contributed by atoms with Crippen molar-refractivity contribution in [2.24, 2.45) is 0 Å².